The number of hydrogen-bond donors (Lipinski definition) is 2. The normalized spacial score (nSPS) is 24.2. The van der Waals surface area contributed by atoms with E-state index in [0.29, 0.717) is 42.8 Å². The van der Waals surface area contributed by atoms with Gasteiger partial charge in [-0.1, -0.05) is 17.8 Å². The molecule has 3 aliphatic heterocycles. The zero-order chi connectivity index (χ0) is 28.0. The van der Waals surface area contributed by atoms with Crippen LogP contribution < -0.4 is 26.0 Å². The molecule has 0 bridgehead atoms. The molecule has 3 aromatic rings. The Balaban J connectivity index is 1.02. The molecule has 3 aromatic heterocycles. The number of ether oxygens (including phenoxy) is 3. The monoisotopic (exact) mass is 576 g/mol. The van der Waals surface area contributed by atoms with Crippen LogP contribution >= 0.6 is 11.8 Å². The van der Waals surface area contributed by atoms with E-state index in [2.05, 4.69) is 25.8 Å². The Morgan fingerprint density at radius 2 is 2.05 bits per heavy atom. The van der Waals surface area contributed by atoms with Crippen molar-refractivity contribution in [1.82, 2.24) is 19.9 Å². The molecule has 0 unspecified atom stereocenters. The smallest absolute Gasteiger partial charge is 0.175 e. The van der Waals surface area contributed by atoms with Crippen molar-refractivity contribution in [2.24, 2.45) is 17.1 Å². The molecule has 0 saturated carbocycles. The number of hydrogen-bond acceptors (Lipinski definition) is 12. The fraction of sp³-hybridized carbons (Fsp3) is 0.517. The average molecular weight is 577 g/mol. The molecule has 2 fully saturated rings. The molecular formula is C29H36N8O3S. The van der Waals surface area contributed by atoms with Crippen LogP contribution in [0.3, 0.4) is 0 Å². The molecule has 11 nitrogen and oxygen atoms in total. The van der Waals surface area contributed by atoms with Gasteiger partial charge < -0.3 is 35.5 Å². The number of nitrogen functional groups attached to an aromatic ring is 1. The van der Waals surface area contributed by atoms with Crippen LogP contribution in [0.25, 0.3) is 0 Å². The van der Waals surface area contributed by atoms with Crippen LogP contribution in [0.15, 0.2) is 46.7 Å². The van der Waals surface area contributed by atoms with Crippen LogP contribution in [0.5, 0.6) is 5.75 Å². The van der Waals surface area contributed by atoms with Gasteiger partial charge in [-0.2, -0.15) is 0 Å². The largest absolute Gasteiger partial charge is 0.486 e. The lowest BCUT2D eigenvalue weighted by atomic mass is 9.73. The third-order valence-corrected chi connectivity index (χ3v) is 10.1. The van der Waals surface area contributed by atoms with Gasteiger partial charge in [0.25, 0.3) is 0 Å². The Kier molecular flexibility index (Phi) is 7.10. The first-order chi connectivity index (χ1) is 20.0. The van der Waals surface area contributed by atoms with Gasteiger partial charge in [-0.25, -0.2) is 15.0 Å². The summed E-state index contributed by atoms with van der Waals surface area (Å²) in [5, 5.41) is 0.660. The molecule has 41 heavy (non-hydrogen) atoms. The Labute approximate surface area is 244 Å². The number of nitrogens with zero attached hydrogens (tertiary/aromatic N) is 6. The molecule has 1 spiro atoms. The highest BCUT2D eigenvalue weighted by Gasteiger charge is 2.46. The lowest BCUT2D eigenvalue weighted by Gasteiger charge is -2.42. The SMILES string of the molecule is COCOC[C@H]1C[C@@H]2COc3c(Sc4ncc(N5CCC6(CC5)Cc5ncccc5[C@H]6N)nc4N)ccnc3N2C1. The number of fused-ring (bicyclic) bond motifs is 4. The number of rotatable bonds is 7. The zero-order valence-electron chi connectivity index (χ0n) is 23.2. The minimum atomic E-state index is 0.0301. The summed E-state index contributed by atoms with van der Waals surface area (Å²) in [4.78, 5) is 24.3. The molecule has 4 N–H and O–H groups in total. The molecule has 0 aromatic carbocycles. The zero-order valence-corrected chi connectivity index (χ0v) is 24.1. The van der Waals surface area contributed by atoms with Crippen molar-refractivity contribution < 1.29 is 14.2 Å². The van der Waals surface area contributed by atoms with Crippen molar-refractivity contribution in [2.75, 3.05) is 62.3 Å². The molecule has 1 aliphatic carbocycles. The highest BCUT2D eigenvalue weighted by Crippen LogP contribution is 2.50. The molecule has 0 amide bonds. The molecule has 6 heterocycles. The lowest BCUT2D eigenvalue weighted by molar-refractivity contribution is -0.0414. The highest BCUT2D eigenvalue weighted by molar-refractivity contribution is 7.99. The summed E-state index contributed by atoms with van der Waals surface area (Å²) in [5.41, 5.74) is 15.6. The maximum absolute atomic E-state index is 6.73. The maximum Gasteiger partial charge on any atom is 0.175 e. The van der Waals surface area contributed by atoms with Gasteiger partial charge in [0.1, 0.15) is 24.2 Å². The van der Waals surface area contributed by atoms with E-state index >= 15 is 0 Å². The fourth-order valence-electron chi connectivity index (χ4n) is 6.91. The molecule has 0 radical (unpaired) electrons. The minimum absolute atomic E-state index is 0.0301. The summed E-state index contributed by atoms with van der Waals surface area (Å²) in [6.45, 7) is 4.21. The van der Waals surface area contributed by atoms with Gasteiger partial charge in [0.05, 0.1) is 23.7 Å². The second kappa shape index (κ2) is 10.9. The second-order valence-electron chi connectivity index (χ2n) is 11.5. The van der Waals surface area contributed by atoms with E-state index in [1.54, 1.807) is 7.11 Å². The molecule has 4 aliphatic rings. The quantitative estimate of drug-likeness (QED) is 0.316. The van der Waals surface area contributed by atoms with Crippen LogP contribution in [0, 0.1) is 11.3 Å². The summed E-state index contributed by atoms with van der Waals surface area (Å²) in [5.74, 6) is 3.28. The number of aromatic nitrogens is 4. The highest BCUT2D eigenvalue weighted by atomic mass is 32.2. The van der Waals surface area contributed by atoms with Crippen molar-refractivity contribution >= 4 is 29.2 Å². The molecule has 3 atom stereocenters. The van der Waals surface area contributed by atoms with Crippen LogP contribution in [0.1, 0.15) is 36.6 Å². The third kappa shape index (κ3) is 4.86. The van der Waals surface area contributed by atoms with Gasteiger partial charge in [-0.15, -0.1) is 0 Å². The maximum atomic E-state index is 6.73. The summed E-state index contributed by atoms with van der Waals surface area (Å²) in [6, 6.07) is 6.39. The number of pyridine rings is 2. The number of piperidine rings is 1. The first-order valence-corrected chi connectivity index (χ1v) is 15.1. The Morgan fingerprint density at radius 3 is 2.85 bits per heavy atom. The van der Waals surface area contributed by atoms with E-state index in [0.717, 1.165) is 73.3 Å². The Bertz CT molecular complexity index is 1420. The van der Waals surface area contributed by atoms with E-state index in [4.69, 9.17) is 35.6 Å². The van der Waals surface area contributed by atoms with Gasteiger partial charge in [-0.05, 0) is 48.8 Å². The van der Waals surface area contributed by atoms with Gasteiger partial charge in [-0.3, -0.25) is 4.98 Å². The minimum Gasteiger partial charge on any atom is -0.486 e. The topological polar surface area (TPSA) is 138 Å². The Morgan fingerprint density at radius 1 is 1.17 bits per heavy atom. The predicted octanol–water partition coefficient (Wildman–Crippen LogP) is 3.05. The number of anilines is 3. The second-order valence-corrected chi connectivity index (χ2v) is 12.6. The molecule has 2 saturated heterocycles. The van der Waals surface area contributed by atoms with Gasteiger partial charge in [0.15, 0.2) is 17.4 Å². The van der Waals surface area contributed by atoms with Crippen molar-refractivity contribution in [3.63, 3.8) is 0 Å². The van der Waals surface area contributed by atoms with Crippen LogP contribution in [0.2, 0.25) is 0 Å². The number of methoxy groups -OCH3 is 1. The molecule has 7 rings (SSSR count). The summed E-state index contributed by atoms with van der Waals surface area (Å²) in [7, 11) is 1.64. The van der Waals surface area contributed by atoms with E-state index in [1.807, 2.05) is 30.7 Å². The van der Waals surface area contributed by atoms with Crippen molar-refractivity contribution in [3.05, 3.63) is 48.0 Å². The van der Waals surface area contributed by atoms with Gasteiger partial charge in [0.2, 0.25) is 0 Å². The fourth-order valence-corrected chi connectivity index (χ4v) is 7.75. The molecular weight excluding hydrogens is 540 g/mol. The van der Waals surface area contributed by atoms with Gasteiger partial charge in [0, 0.05) is 56.8 Å². The van der Waals surface area contributed by atoms with Crippen LogP contribution in [-0.2, 0) is 15.9 Å². The van der Waals surface area contributed by atoms with E-state index in [-0.39, 0.29) is 11.5 Å². The van der Waals surface area contributed by atoms with E-state index in [9.17, 15) is 0 Å². The van der Waals surface area contributed by atoms with E-state index < -0.39 is 0 Å². The number of nitrogens with two attached hydrogens (primary N) is 2. The summed E-state index contributed by atoms with van der Waals surface area (Å²) in [6.07, 6.45) is 9.45. The van der Waals surface area contributed by atoms with Crippen molar-refractivity contribution in [2.45, 2.75) is 47.7 Å². The van der Waals surface area contributed by atoms with Gasteiger partial charge >= 0.3 is 0 Å². The van der Waals surface area contributed by atoms with E-state index in [1.165, 1.54) is 17.3 Å². The standard InChI is InChI=1S/C29H36N8O3S/c1-38-17-39-15-18-11-19-16-40-24-22(4-8-33-27(24)37(19)14-18)41-28-26(31)35-23(13-34-28)36-9-5-29(6-10-36)12-21-20(25(29)30)3-2-7-32-21/h2-4,7-8,13,18-19,25H,5-6,9-12,14-17,30H2,1H3,(H2,31,35)/t18-,19+,25+/m0/s1. The van der Waals surface area contributed by atoms with Crippen molar-refractivity contribution in [1.29, 1.82) is 0 Å². The average Bonchev–Trinajstić information content (AvgIpc) is 3.53. The van der Waals surface area contributed by atoms with Crippen molar-refractivity contribution in [3.8, 4) is 5.75 Å². The summed E-state index contributed by atoms with van der Waals surface area (Å²) < 4.78 is 16.9. The lowest BCUT2D eigenvalue weighted by Crippen LogP contribution is -2.44. The first kappa shape index (κ1) is 26.7. The van der Waals surface area contributed by atoms with Crippen LogP contribution in [-0.4, -0.2) is 72.7 Å². The predicted molar refractivity (Wildman–Crippen MR) is 156 cm³/mol. The third-order valence-electron chi connectivity index (χ3n) is 9.08. The molecule has 12 heteroatoms. The first-order valence-electron chi connectivity index (χ1n) is 14.2. The van der Waals surface area contributed by atoms with Crippen LogP contribution in [0.4, 0.5) is 17.5 Å². The summed E-state index contributed by atoms with van der Waals surface area (Å²) >= 11 is 1.47. The molecule has 216 valence electrons. The Hall–Kier alpha value is -3.19.